The number of aromatic nitrogens is 5. The average molecular weight is 454 g/mol. The normalized spacial score (nSPS) is 11.0. The number of nitrogen functional groups attached to an aromatic ring is 1. The van der Waals surface area contributed by atoms with Crippen LogP contribution in [0.4, 0.5) is 11.5 Å². The minimum Gasteiger partial charge on any atom is -0.378 e. The molecule has 160 valence electrons. The van der Waals surface area contributed by atoms with E-state index in [1.165, 1.54) is 24.4 Å². The highest BCUT2D eigenvalue weighted by Gasteiger charge is 2.26. The van der Waals surface area contributed by atoms with Crippen molar-refractivity contribution < 1.29 is 14.3 Å². The molecule has 1 amide bonds. The van der Waals surface area contributed by atoms with E-state index >= 15 is 0 Å². The van der Waals surface area contributed by atoms with Gasteiger partial charge in [-0.25, -0.2) is 10.1 Å². The molecule has 0 saturated heterocycles. The fourth-order valence-corrected chi connectivity index (χ4v) is 2.84. The first-order chi connectivity index (χ1) is 15.4. The molecule has 0 radical (unpaired) electrons. The van der Waals surface area contributed by atoms with E-state index in [0.717, 1.165) is 4.68 Å². The average Bonchev–Trinajstić information content (AvgIpc) is 3.41. The lowest BCUT2D eigenvalue weighted by Crippen LogP contribution is -2.19. The highest BCUT2D eigenvalue weighted by Crippen LogP contribution is 2.28. The number of nitrogens with one attached hydrogen (secondary N) is 1. The number of amides is 1. The van der Waals surface area contributed by atoms with Gasteiger partial charge < -0.3 is 5.73 Å². The molecule has 2 aromatic heterocycles. The lowest BCUT2D eigenvalue weighted by molar-refractivity contribution is -0.384. The van der Waals surface area contributed by atoms with E-state index in [-0.39, 0.29) is 34.3 Å². The Labute approximate surface area is 183 Å². The summed E-state index contributed by atoms with van der Waals surface area (Å²) in [5.41, 5.74) is 8.74. The van der Waals surface area contributed by atoms with Gasteiger partial charge in [-0.2, -0.15) is 9.78 Å². The van der Waals surface area contributed by atoms with Crippen LogP contribution in [-0.4, -0.2) is 42.4 Å². The topological polar surface area (TPSA) is 180 Å². The van der Waals surface area contributed by atoms with E-state index in [4.69, 9.17) is 17.3 Å². The predicted octanol–water partition coefficient (Wildman–Crippen LogP) is 2.23. The molecule has 4 rings (SSSR count). The number of rotatable bonds is 6. The number of halogens is 1. The van der Waals surface area contributed by atoms with Crippen molar-refractivity contribution in [2.24, 2.45) is 5.10 Å². The third-order valence-corrected chi connectivity index (χ3v) is 4.41. The molecule has 3 N–H and O–H groups in total. The number of nitro benzene ring substituents is 1. The van der Waals surface area contributed by atoms with Crippen LogP contribution in [0.3, 0.4) is 0 Å². The summed E-state index contributed by atoms with van der Waals surface area (Å²) in [5.74, 6) is -0.880. The van der Waals surface area contributed by atoms with Crippen LogP contribution < -0.4 is 11.2 Å². The summed E-state index contributed by atoms with van der Waals surface area (Å²) in [6, 6.07) is 12.3. The van der Waals surface area contributed by atoms with Gasteiger partial charge in [-0.1, -0.05) is 41.1 Å². The van der Waals surface area contributed by atoms with Crippen LogP contribution in [0.1, 0.15) is 16.1 Å². The number of nitro groups is 1. The minimum atomic E-state index is -0.724. The van der Waals surface area contributed by atoms with E-state index in [1.807, 2.05) is 0 Å². The summed E-state index contributed by atoms with van der Waals surface area (Å²) in [6.07, 6.45) is 1.41. The molecule has 13 nitrogen and oxygen atoms in total. The molecule has 14 heteroatoms. The predicted molar refractivity (Wildman–Crippen MR) is 112 cm³/mol. The Morgan fingerprint density at radius 1 is 1.25 bits per heavy atom. The molecule has 0 atom stereocenters. The first-order valence-electron chi connectivity index (χ1n) is 8.82. The standard InChI is InChI=1S/C18H12ClN9O4/c19-12-6-4-10(5-7-12)9-21-23-18(29)14-15(11-2-1-3-13(8-11)28(30)31)27(26-22-14)17-16(20)24-32-25-17/h1-9H,(H2,20,24)(H,23,29). The highest BCUT2D eigenvalue weighted by molar-refractivity contribution is 6.30. The molecule has 0 saturated carbocycles. The molecule has 2 aromatic carbocycles. The van der Waals surface area contributed by atoms with Gasteiger partial charge >= 0.3 is 0 Å². The maximum absolute atomic E-state index is 12.8. The molecular weight excluding hydrogens is 442 g/mol. The minimum absolute atomic E-state index is 0.0391. The molecule has 0 unspecified atom stereocenters. The maximum atomic E-state index is 12.8. The first-order valence-corrected chi connectivity index (χ1v) is 9.19. The van der Waals surface area contributed by atoms with E-state index in [0.29, 0.717) is 10.6 Å². The monoisotopic (exact) mass is 453 g/mol. The maximum Gasteiger partial charge on any atom is 0.294 e. The summed E-state index contributed by atoms with van der Waals surface area (Å²) >= 11 is 5.84. The van der Waals surface area contributed by atoms with Gasteiger partial charge in [0.25, 0.3) is 11.6 Å². The van der Waals surface area contributed by atoms with Crippen LogP contribution in [0.2, 0.25) is 5.02 Å². The smallest absolute Gasteiger partial charge is 0.294 e. The quantitative estimate of drug-likeness (QED) is 0.251. The second-order valence-corrected chi connectivity index (χ2v) is 6.67. The molecule has 0 aliphatic rings. The van der Waals surface area contributed by atoms with Gasteiger partial charge in [0, 0.05) is 22.7 Å². The third-order valence-electron chi connectivity index (χ3n) is 4.16. The van der Waals surface area contributed by atoms with Crippen LogP contribution in [-0.2, 0) is 0 Å². The molecule has 0 aliphatic heterocycles. The van der Waals surface area contributed by atoms with Gasteiger partial charge in [0.1, 0.15) is 5.69 Å². The highest BCUT2D eigenvalue weighted by atomic mass is 35.5. The van der Waals surface area contributed by atoms with Crippen molar-refractivity contribution >= 4 is 35.2 Å². The van der Waals surface area contributed by atoms with Crippen molar-refractivity contribution in [3.05, 3.63) is 74.9 Å². The third kappa shape index (κ3) is 4.13. The van der Waals surface area contributed by atoms with Crippen LogP contribution in [0.25, 0.3) is 17.1 Å². The molecule has 0 spiro atoms. The number of carbonyl (C=O) groups excluding carboxylic acids is 1. The second-order valence-electron chi connectivity index (χ2n) is 6.23. The SMILES string of the molecule is Nc1nonc1-n1nnc(C(=O)NN=Cc2ccc(Cl)cc2)c1-c1cccc([N+](=O)[O-])c1. The fraction of sp³-hybridized carbons (Fsp3) is 0. The number of non-ortho nitro benzene ring substituents is 1. The van der Waals surface area contributed by atoms with Crippen molar-refractivity contribution in [3.8, 4) is 17.1 Å². The lowest BCUT2D eigenvalue weighted by atomic mass is 10.1. The number of anilines is 1. The Balaban J connectivity index is 1.72. The zero-order valence-corrected chi connectivity index (χ0v) is 16.7. The lowest BCUT2D eigenvalue weighted by Gasteiger charge is -2.05. The number of hydrogen-bond acceptors (Lipinski definition) is 10. The summed E-state index contributed by atoms with van der Waals surface area (Å²) < 4.78 is 5.69. The van der Waals surface area contributed by atoms with Gasteiger partial charge in [-0.15, -0.1) is 5.10 Å². The molecule has 0 fully saturated rings. The van der Waals surface area contributed by atoms with Crippen molar-refractivity contribution in [2.75, 3.05) is 5.73 Å². The molecule has 2 heterocycles. The Kier molecular flexibility index (Phi) is 5.55. The summed E-state index contributed by atoms with van der Waals surface area (Å²) in [5, 5.41) is 30.6. The van der Waals surface area contributed by atoms with Crippen LogP contribution >= 0.6 is 11.6 Å². The molecule has 0 bridgehead atoms. The number of benzene rings is 2. The van der Waals surface area contributed by atoms with Crippen molar-refractivity contribution in [1.29, 1.82) is 0 Å². The van der Waals surface area contributed by atoms with Crippen LogP contribution in [0.5, 0.6) is 0 Å². The van der Waals surface area contributed by atoms with E-state index in [1.54, 1.807) is 30.3 Å². The zero-order chi connectivity index (χ0) is 22.7. The Hall–Kier alpha value is -4.65. The van der Waals surface area contributed by atoms with Crippen molar-refractivity contribution in [3.63, 3.8) is 0 Å². The Morgan fingerprint density at radius 2 is 2.03 bits per heavy atom. The van der Waals surface area contributed by atoms with E-state index in [9.17, 15) is 14.9 Å². The second kappa shape index (κ2) is 8.61. The van der Waals surface area contributed by atoms with E-state index < -0.39 is 10.8 Å². The van der Waals surface area contributed by atoms with Gasteiger partial charge in [0.05, 0.1) is 11.1 Å². The Morgan fingerprint density at radius 3 is 2.72 bits per heavy atom. The molecular formula is C18H12ClN9O4. The molecule has 4 aromatic rings. The summed E-state index contributed by atoms with van der Waals surface area (Å²) in [6.45, 7) is 0. The number of carbonyl (C=O) groups is 1. The molecule has 32 heavy (non-hydrogen) atoms. The number of hydrogen-bond donors (Lipinski definition) is 2. The number of nitrogens with two attached hydrogens (primary N) is 1. The van der Waals surface area contributed by atoms with Gasteiger partial charge in [-0.3, -0.25) is 14.9 Å². The number of hydrazone groups is 1. The van der Waals surface area contributed by atoms with Gasteiger partial charge in [0.15, 0.2) is 5.69 Å². The largest absolute Gasteiger partial charge is 0.378 e. The van der Waals surface area contributed by atoms with Crippen molar-refractivity contribution in [1.82, 2.24) is 30.7 Å². The van der Waals surface area contributed by atoms with Crippen molar-refractivity contribution in [2.45, 2.75) is 0 Å². The summed E-state index contributed by atoms with van der Waals surface area (Å²) in [4.78, 5) is 23.4. The van der Waals surface area contributed by atoms with Crippen LogP contribution in [0, 0.1) is 10.1 Å². The first kappa shape index (κ1) is 20.6. The summed E-state index contributed by atoms with van der Waals surface area (Å²) in [7, 11) is 0. The van der Waals surface area contributed by atoms with Gasteiger partial charge in [0.2, 0.25) is 11.6 Å². The number of nitrogens with zero attached hydrogens (tertiary/aromatic N) is 7. The fourth-order valence-electron chi connectivity index (χ4n) is 2.71. The zero-order valence-electron chi connectivity index (χ0n) is 15.9. The van der Waals surface area contributed by atoms with Crippen LogP contribution in [0.15, 0.2) is 58.3 Å². The van der Waals surface area contributed by atoms with E-state index in [2.05, 4.69) is 35.8 Å². The van der Waals surface area contributed by atoms with Gasteiger partial charge in [-0.05, 0) is 28.0 Å². The molecule has 0 aliphatic carbocycles. The Bertz CT molecular complexity index is 1330.